The third-order valence-electron chi connectivity index (χ3n) is 15.5. The molecule has 14 rings (SSSR count). The Bertz CT molecular complexity index is 4030. The van der Waals surface area contributed by atoms with E-state index in [4.69, 9.17) is 0 Å². The first kappa shape index (κ1) is 44.4. The smallest absolute Gasteiger partial charge is 0.308 e. The van der Waals surface area contributed by atoms with Crippen molar-refractivity contribution in [1.82, 2.24) is 9.13 Å². The molecule has 0 amide bonds. The first-order chi connectivity index (χ1) is 36.7. The third kappa shape index (κ3) is 6.99. The van der Waals surface area contributed by atoms with Crippen LogP contribution >= 0.6 is 0 Å². The van der Waals surface area contributed by atoms with Crippen LogP contribution in [-0.4, -0.2) is 9.13 Å². The summed E-state index contributed by atoms with van der Waals surface area (Å²) in [6.45, 7) is 1.70. The largest absolute Gasteiger partial charge is 0.416 e. The van der Waals surface area contributed by atoms with Gasteiger partial charge in [-0.15, -0.1) is 0 Å². The summed E-state index contributed by atoms with van der Waals surface area (Å²) in [5.74, 6) is 0. The van der Waals surface area contributed by atoms with Crippen LogP contribution in [0.1, 0.15) is 38.9 Å². The van der Waals surface area contributed by atoms with Gasteiger partial charge >= 0.3 is 6.18 Å². The minimum absolute atomic E-state index is 0.366. The lowest BCUT2D eigenvalue weighted by Gasteiger charge is -2.29. The van der Waals surface area contributed by atoms with Crippen molar-refractivity contribution < 1.29 is 13.2 Å². The van der Waals surface area contributed by atoms with Gasteiger partial charge in [-0.3, -0.25) is 0 Å². The molecule has 2 aromatic heterocycles. The number of rotatable bonds is 5. The topological polar surface area (TPSA) is 40.1 Å². The van der Waals surface area contributed by atoms with Gasteiger partial charge in [-0.25, -0.2) is 0 Å². The predicted molar refractivity (Wildman–Crippen MR) is 299 cm³/mol. The van der Waals surface area contributed by atoms with E-state index in [1.165, 1.54) is 34.4 Å². The number of nitriles is 1. The molecule has 0 unspecified atom stereocenters. The highest BCUT2D eigenvalue weighted by Crippen LogP contribution is 2.51. The van der Waals surface area contributed by atoms with Gasteiger partial charge in [-0.2, -0.15) is 18.4 Å². The van der Waals surface area contributed by atoms with Gasteiger partial charge in [0.2, 0.25) is 0 Å². The Morgan fingerprint density at radius 3 is 1.16 bits per heavy atom. The van der Waals surface area contributed by atoms with Gasteiger partial charge in [-0.05, 0) is 144 Å². The lowest BCUT2D eigenvalue weighted by molar-refractivity contribution is -0.137. The van der Waals surface area contributed by atoms with E-state index < -0.39 is 11.7 Å². The number of halogens is 3. The summed E-state index contributed by atoms with van der Waals surface area (Å²) >= 11 is 0. The van der Waals surface area contributed by atoms with Crippen LogP contribution in [0.4, 0.5) is 47.3 Å². The highest BCUT2D eigenvalue weighted by molar-refractivity contribution is 6.17. The SMILES string of the molecule is Cc1cc(-c2cc(-n3c4ccccc4c4cccc(N5c6ccccc6CCc6ccccc65)c43)c(C#N)c(-n3c4ccccc4c4cccc(N5c6ccccc6CCc6ccccc65)c43)c2)cc(C(F)(F)F)c1. The fourth-order valence-electron chi connectivity index (χ4n) is 12.3. The molecule has 10 aromatic carbocycles. The Kier molecular flexibility index (Phi) is 10.1. The van der Waals surface area contributed by atoms with Crippen LogP contribution in [0.15, 0.2) is 212 Å². The number of fused-ring (bicyclic) bond motifs is 10. The molecular weight excluding hydrogens is 932 g/mol. The number of para-hydroxylation sites is 8. The van der Waals surface area contributed by atoms with Gasteiger partial charge in [-0.1, -0.05) is 140 Å². The van der Waals surface area contributed by atoms with Crippen LogP contribution in [-0.2, 0) is 31.9 Å². The Morgan fingerprint density at radius 1 is 0.387 bits per heavy atom. The van der Waals surface area contributed by atoms with Crippen molar-refractivity contribution >= 4 is 77.7 Å². The molecule has 0 saturated heterocycles. The molecule has 360 valence electrons. The molecule has 75 heavy (non-hydrogen) atoms. The minimum Gasteiger partial charge on any atom is -0.308 e. The zero-order valence-corrected chi connectivity index (χ0v) is 40.9. The Balaban J connectivity index is 1.15. The highest BCUT2D eigenvalue weighted by atomic mass is 19.4. The molecule has 5 nitrogen and oxygen atoms in total. The van der Waals surface area contributed by atoms with Crippen molar-refractivity contribution in [2.24, 2.45) is 0 Å². The molecule has 0 atom stereocenters. The first-order valence-electron chi connectivity index (χ1n) is 25.5. The van der Waals surface area contributed by atoms with E-state index in [1.54, 1.807) is 6.92 Å². The summed E-state index contributed by atoms with van der Waals surface area (Å²) in [6, 6.07) is 74.4. The highest BCUT2D eigenvalue weighted by Gasteiger charge is 2.33. The second kappa shape index (κ2) is 17.1. The first-order valence-corrected chi connectivity index (χ1v) is 25.5. The summed E-state index contributed by atoms with van der Waals surface area (Å²) in [7, 11) is 0. The zero-order chi connectivity index (χ0) is 50.5. The Morgan fingerprint density at radius 2 is 0.747 bits per heavy atom. The Labute approximate surface area is 431 Å². The van der Waals surface area contributed by atoms with E-state index >= 15 is 0 Å². The number of nitrogens with zero attached hydrogens (tertiary/aromatic N) is 5. The number of hydrogen-bond donors (Lipinski definition) is 0. The lowest BCUT2D eigenvalue weighted by atomic mass is 9.96. The van der Waals surface area contributed by atoms with Crippen molar-refractivity contribution in [3.63, 3.8) is 0 Å². The minimum atomic E-state index is -4.60. The monoisotopic (exact) mass is 977 g/mol. The molecule has 0 N–H and O–H groups in total. The van der Waals surface area contributed by atoms with Gasteiger partial charge < -0.3 is 18.9 Å². The molecule has 4 heterocycles. The standard InChI is InChI=1S/C67H46F3N5/c1-42-36-47(38-49(37-42)67(68,69)70)48-39-63(74-59-28-12-6-20-50(59)52-22-14-30-61(65(52)74)72-55-24-8-2-16-43(55)32-33-44-17-3-9-25-56(44)72)54(41-71)64(40-48)75-60-29-13-7-21-51(60)53-23-15-31-62(66(53)75)73-57-26-10-4-18-45(57)34-35-46-19-5-11-27-58(46)73/h2-31,36-40H,32-35H2,1H3. The fourth-order valence-corrected chi connectivity index (χ4v) is 12.3. The average molecular weight is 978 g/mol. The number of aryl methyl sites for hydroxylation is 5. The molecule has 12 aromatic rings. The van der Waals surface area contributed by atoms with Crippen LogP contribution in [0.5, 0.6) is 0 Å². The molecular formula is C67H46F3N5. The number of anilines is 6. The molecule has 0 bridgehead atoms. The van der Waals surface area contributed by atoms with E-state index in [-0.39, 0.29) is 0 Å². The fraction of sp³-hybridized carbons (Fsp3) is 0.0896. The average Bonchev–Trinajstić information content (AvgIpc) is 3.87. The van der Waals surface area contributed by atoms with E-state index in [2.05, 4.69) is 183 Å². The molecule has 8 heteroatoms. The molecule has 0 radical (unpaired) electrons. The van der Waals surface area contributed by atoms with E-state index in [9.17, 15) is 18.4 Å². The maximum absolute atomic E-state index is 14.9. The van der Waals surface area contributed by atoms with Gasteiger partial charge in [0, 0.05) is 44.3 Å². The van der Waals surface area contributed by atoms with Crippen LogP contribution in [0, 0.1) is 18.3 Å². The van der Waals surface area contributed by atoms with Crippen molar-refractivity contribution in [3.8, 4) is 28.6 Å². The van der Waals surface area contributed by atoms with Crippen LogP contribution in [0.3, 0.4) is 0 Å². The number of hydrogen-bond acceptors (Lipinski definition) is 3. The quantitative estimate of drug-likeness (QED) is 0.173. The zero-order valence-electron chi connectivity index (χ0n) is 40.9. The molecule has 0 spiro atoms. The van der Waals surface area contributed by atoms with Crippen molar-refractivity contribution in [2.45, 2.75) is 38.8 Å². The van der Waals surface area contributed by atoms with Crippen molar-refractivity contribution in [1.29, 1.82) is 5.26 Å². The Hall–Kier alpha value is -9.32. The molecule has 0 aliphatic carbocycles. The lowest BCUT2D eigenvalue weighted by Crippen LogP contribution is -2.14. The summed E-state index contributed by atoms with van der Waals surface area (Å²) in [4.78, 5) is 4.72. The van der Waals surface area contributed by atoms with Gasteiger partial charge in [0.15, 0.2) is 0 Å². The maximum Gasteiger partial charge on any atom is 0.416 e. The summed E-state index contributed by atoms with van der Waals surface area (Å²) < 4.78 is 49.2. The van der Waals surface area contributed by atoms with Crippen molar-refractivity contribution in [3.05, 3.63) is 251 Å². The van der Waals surface area contributed by atoms with Crippen LogP contribution in [0.2, 0.25) is 0 Å². The molecule has 2 aliphatic rings. The van der Waals surface area contributed by atoms with Crippen LogP contribution in [0.25, 0.3) is 66.1 Å². The number of aromatic nitrogens is 2. The van der Waals surface area contributed by atoms with E-state index in [0.717, 1.165) is 103 Å². The summed E-state index contributed by atoms with van der Waals surface area (Å²) in [5.41, 5.74) is 16.5. The van der Waals surface area contributed by atoms with Crippen LogP contribution < -0.4 is 9.80 Å². The van der Waals surface area contributed by atoms with Gasteiger partial charge in [0.1, 0.15) is 11.6 Å². The van der Waals surface area contributed by atoms with Gasteiger partial charge in [0.05, 0.1) is 50.4 Å². The molecule has 2 aliphatic heterocycles. The number of alkyl halides is 3. The van der Waals surface area contributed by atoms with Gasteiger partial charge in [0.25, 0.3) is 0 Å². The molecule has 0 saturated carbocycles. The third-order valence-corrected chi connectivity index (χ3v) is 15.5. The summed E-state index contributed by atoms with van der Waals surface area (Å²) in [6.07, 6.45) is -1.16. The van der Waals surface area contributed by atoms with Crippen molar-refractivity contribution in [2.75, 3.05) is 9.80 Å². The second-order valence-corrected chi connectivity index (χ2v) is 19.8. The maximum atomic E-state index is 14.9. The van der Waals surface area contributed by atoms with E-state index in [0.29, 0.717) is 33.6 Å². The number of benzene rings is 10. The second-order valence-electron chi connectivity index (χ2n) is 19.8. The normalized spacial score (nSPS) is 13.3. The predicted octanol–water partition coefficient (Wildman–Crippen LogP) is 17.9. The van der Waals surface area contributed by atoms with E-state index in [1.807, 2.05) is 42.5 Å². The molecule has 0 fully saturated rings. The summed E-state index contributed by atoms with van der Waals surface area (Å²) in [5, 5.41) is 16.0.